The molecule has 4 aliphatic carbocycles. The average molecular weight is 461 g/mol. The molecule has 0 aliphatic heterocycles. The van der Waals surface area contributed by atoms with Gasteiger partial charge in [0.25, 0.3) is 0 Å². The highest BCUT2D eigenvalue weighted by Crippen LogP contribution is 2.62. The van der Waals surface area contributed by atoms with Crippen molar-refractivity contribution >= 4 is 11.9 Å². The van der Waals surface area contributed by atoms with E-state index in [2.05, 4.69) is 41.5 Å². The Morgan fingerprint density at radius 1 is 0.667 bits per heavy atom. The summed E-state index contributed by atoms with van der Waals surface area (Å²) < 4.78 is 12.2. The van der Waals surface area contributed by atoms with E-state index in [1.807, 2.05) is 0 Å². The highest BCUT2D eigenvalue weighted by Gasteiger charge is 2.58. The van der Waals surface area contributed by atoms with Gasteiger partial charge in [0.2, 0.25) is 0 Å². The Balaban J connectivity index is 1.22. The number of carbonyl (C=O) groups excluding carboxylic acids is 2. The Labute approximate surface area is 201 Å². The predicted molar refractivity (Wildman–Crippen MR) is 130 cm³/mol. The van der Waals surface area contributed by atoms with E-state index < -0.39 is 0 Å². The van der Waals surface area contributed by atoms with Crippen LogP contribution < -0.4 is 0 Å². The van der Waals surface area contributed by atoms with Gasteiger partial charge in [-0.25, -0.2) is 0 Å². The van der Waals surface area contributed by atoms with E-state index in [-0.39, 0.29) is 41.4 Å². The Morgan fingerprint density at radius 3 is 1.36 bits per heavy atom. The fourth-order valence-electron chi connectivity index (χ4n) is 7.63. The lowest BCUT2D eigenvalue weighted by atomic mass is 9.48. The minimum absolute atomic E-state index is 0.0207. The molecule has 0 bridgehead atoms. The van der Waals surface area contributed by atoms with Crippen LogP contribution in [0.25, 0.3) is 0 Å². The van der Waals surface area contributed by atoms with E-state index in [4.69, 9.17) is 9.47 Å². The van der Waals surface area contributed by atoms with Crippen molar-refractivity contribution in [1.29, 1.82) is 0 Å². The van der Waals surface area contributed by atoms with E-state index in [1.54, 1.807) is 0 Å². The van der Waals surface area contributed by atoms with Crippen LogP contribution in [0.4, 0.5) is 0 Å². The van der Waals surface area contributed by atoms with Crippen LogP contribution in [0.15, 0.2) is 0 Å². The highest BCUT2D eigenvalue weighted by atomic mass is 16.5. The lowest BCUT2D eigenvalue weighted by Gasteiger charge is -2.56. The standard InChI is InChI=1S/C29H48O4/c1-17(2)23-9-7-19(5)11-25(23)32-27(30)21-13-29(14-21)15-22(16-29)28(31)33-26-12-20(6)8-10-24(26)18(3)4/h17-26H,7-16H2,1-6H3/t19-,20-,21?,22?,23+,24+,25-,26-,29?/m1/s1. The molecule has 0 heterocycles. The first kappa shape index (κ1) is 25.0. The molecule has 4 nitrogen and oxygen atoms in total. The third-order valence-electron chi connectivity index (χ3n) is 9.84. The molecule has 33 heavy (non-hydrogen) atoms. The molecule has 0 radical (unpaired) electrons. The van der Waals surface area contributed by atoms with Gasteiger partial charge in [-0.1, -0.05) is 54.4 Å². The zero-order valence-electron chi connectivity index (χ0n) is 22.0. The molecule has 4 heteroatoms. The molecule has 0 N–H and O–H groups in total. The van der Waals surface area contributed by atoms with Crippen LogP contribution in [-0.4, -0.2) is 24.1 Å². The Bertz CT molecular complexity index is 637. The number of ether oxygens (including phenoxy) is 2. The van der Waals surface area contributed by atoms with Crippen LogP contribution in [0, 0.1) is 52.8 Å². The van der Waals surface area contributed by atoms with Crippen molar-refractivity contribution < 1.29 is 19.1 Å². The molecule has 0 aromatic carbocycles. The van der Waals surface area contributed by atoms with Gasteiger partial charge in [0.15, 0.2) is 0 Å². The van der Waals surface area contributed by atoms with Gasteiger partial charge in [-0.2, -0.15) is 0 Å². The maximum Gasteiger partial charge on any atom is 0.309 e. The third-order valence-corrected chi connectivity index (χ3v) is 9.84. The van der Waals surface area contributed by atoms with Gasteiger partial charge in [0, 0.05) is 0 Å². The molecule has 4 aliphatic rings. The first-order valence-electron chi connectivity index (χ1n) is 14.0. The van der Waals surface area contributed by atoms with E-state index >= 15 is 0 Å². The fourth-order valence-corrected chi connectivity index (χ4v) is 7.63. The van der Waals surface area contributed by atoms with E-state index in [1.165, 1.54) is 25.7 Å². The van der Waals surface area contributed by atoms with Gasteiger partial charge in [0.05, 0.1) is 11.8 Å². The molecule has 6 atom stereocenters. The summed E-state index contributed by atoms with van der Waals surface area (Å²) in [7, 11) is 0. The molecule has 4 saturated carbocycles. The monoisotopic (exact) mass is 460 g/mol. The van der Waals surface area contributed by atoms with Gasteiger partial charge < -0.3 is 9.47 Å². The van der Waals surface area contributed by atoms with Crippen molar-refractivity contribution in [2.24, 2.45) is 52.8 Å². The normalized spacial score (nSPS) is 43.2. The van der Waals surface area contributed by atoms with Crippen LogP contribution in [-0.2, 0) is 19.1 Å². The Kier molecular flexibility index (Phi) is 7.51. The summed E-state index contributed by atoms with van der Waals surface area (Å²) in [6.45, 7) is 13.6. The second kappa shape index (κ2) is 9.90. The molecule has 0 aromatic heterocycles. The van der Waals surface area contributed by atoms with Crippen LogP contribution in [0.3, 0.4) is 0 Å². The largest absolute Gasteiger partial charge is 0.462 e. The summed E-state index contributed by atoms with van der Waals surface area (Å²) in [6, 6.07) is 0. The summed E-state index contributed by atoms with van der Waals surface area (Å²) in [6.07, 6.45) is 10.7. The van der Waals surface area contributed by atoms with Crippen LogP contribution in [0.2, 0.25) is 0 Å². The van der Waals surface area contributed by atoms with Crippen LogP contribution in [0.1, 0.15) is 106 Å². The van der Waals surface area contributed by atoms with Gasteiger partial charge in [-0.05, 0) is 92.3 Å². The zero-order chi connectivity index (χ0) is 23.9. The first-order chi connectivity index (χ1) is 15.6. The second-order valence-corrected chi connectivity index (χ2v) is 13.3. The number of rotatable bonds is 6. The van der Waals surface area contributed by atoms with Crippen molar-refractivity contribution in [3.05, 3.63) is 0 Å². The first-order valence-corrected chi connectivity index (χ1v) is 14.0. The minimum Gasteiger partial charge on any atom is -0.462 e. The number of esters is 2. The molecule has 4 rings (SSSR count). The summed E-state index contributed by atoms with van der Waals surface area (Å²) >= 11 is 0. The Morgan fingerprint density at radius 2 is 1.03 bits per heavy atom. The Hall–Kier alpha value is -1.06. The topological polar surface area (TPSA) is 52.6 Å². The lowest BCUT2D eigenvalue weighted by molar-refractivity contribution is -0.185. The molecule has 0 amide bonds. The smallest absolute Gasteiger partial charge is 0.309 e. The van der Waals surface area contributed by atoms with Crippen molar-refractivity contribution in [2.45, 2.75) is 118 Å². The van der Waals surface area contributed by atoms with Crippen LogP contribution >= 0.6 is 0 Å². The van der Waals surface area contributed by atoms with Gasteiger partial charge in [-0.15, -0.1) is 0 Å². The van der Waals surface area contributed by atoms with E-state index in [0.29, 0.717) is 35.5 Å². The van der Waals surface area contributed by atoms with Crippen LogP contribution in [0.5, 0.6) is 0 Å². The molecule has 4 fully saturated rings. The van der Waals surface area contributed by atoms with Crippen molar-refractivity contribution in [1.82, 2.24) is 0 Å². The average Bonchev–Trinajstić information content (AvgIpc) is 2.65. The molecular formula is C29H48O4. The SMILES string of the molecule is CC(C)[C@@H]1CC[C@@H](C)C[C@H]1OC(=O)C1CC2(C1)CC(C(=O)O[C@@H]1C[C@H](C)CC[C@H]1C(C)C)C2. The fraction of sp³-hybridized carbons (Fsp3) is 0.931. The zero-order valence-corrected chi connectivity index (χ0v) is 22.0. The molecule has 0 aromatic rings. The number of hydrogen-bond donors (Lipinski definition) is 0. The number of carbonyl (C=O) groups is 2. The minimum atomic E-state index is 0.0207. The van der Waals surface area contributed by atoms with Crippen molar-refractivity contribution in [2.75, 3.05) is 0 Å². The lowest BCUT2D eigenvalue weighted by Crippen LogP contribution is -2.53. The molecule has 1 spiro atoms. The third kappa shape index (κ3) is 5.45. The maximum atomic E-state index is 12.9. The molecular weight excluding hydrogens is 412 g/mol. The maximum absolute atomic E-state index is 12.9. The molecule has 0 unspecified atom stereocenters. The van der Waals surface area contributed by atoms with Crippen molar-refractivity contribution in [3.8, 4) is 0 Å². The number of hydrogen-bond acceptors (Lipinski definition) is 4. The van der Waals surface area contributed by atoms with Crippen molar-refractivity contribution in [3.63, 3.8) is 0 Å². The summed E-state index contributed by atoms with van der Waals surface area (Å²) in [4.78, 5) is 25.8. The summed E-state index contributed by atoms with van der Waals surface area (Å²) in [5.41, 5.74) is 0.196. The molecule has 188 valence electrons. The summed E-state index contributed by atoms with van der Waals surface area (Å²) in [5.74, 6) is 3.52. The quantitative estimate of drug-likeness (QED) is 0.409. The van der Waals surface area contributed by atoms with Gasteiger partial charge in [-0.3, -0.25) is 9.59 Å². The van der Waals surface area contributed by atoms with E-state index in [9.17, 15) is 9.59 Å². The predicted octanol–water partition coefficient (Wildman–Crippen LogP) is 6.80. The van der Waals surface area contributed by atoms with Gasteiger partial charge in [0.1, 0.15) is 12.2 Å². The highest BCUT2D eigenvalue weighted by molar-refractivity contribution is 5.76. The summed E-state index contributed by atoms with van der Waals surface area (Å²) in [5, 5.41) is 0. The second-order valence-electron chi connectivity index (χ2n) is 13.3. The van der Waals surface area contributed by atoms with E-state index in [0.717, 1.165) is 38.5 Å². The molecule has 0 saturated heterocycles. The van der Waals surface area contributed by atoms with Gasteiger partial charge >= 0.3 is 11.9 Å².